The summed E-state index contributed by atoms with van der Waals surface area (Å²) in [5.74, 6) is 0.798. The van der Waals surface area contributed by atoms with Crippen molar-refractivity contribution in [1.82, 2.24) is 15.2 Å². The van der Waals surface area contributed by atoms with Crippen LogP contribution < -0.4 is 10.1 Å². The quantitative estimate of drug-likeness (QED) is 0.697. The fraction of sp³-hybridized carbons (Fsp3) is 0.524. The number of sulfone groups is 1. The number of nitrogens with one attached hydrogen (secondary N) is 1. The van der Waals surface area contributed by atoms with Gasteiger partial charge < -0.3 is 10.1 Å². The second-order valence-electron chi connectivity index (χ2n) is 7.84. The Morgan fingerprint density at radius 1 is 1.23 bits per heavy atom. The van der Waals surface area contributed by atoms with Crippen LogP contribution >= 0.6 is 11.3 Å². The second kappa shape index (κ2) is 9.03. The Labute approximate surface area is 181 Å². The fourth-order valence-electron chi connectivity index (χ4n) is 4.20. The molecule has 30 heavy (non-hydrogen) atoms. The predicted molar refractivity (Wildman–Crippen MR) is 118 cm³/mol. The van der Waals surface area contributed by atoms with E-state index in [0.29, 0.717) is 12.3 Å². The summed E-state index contributed by atoms with van der Waals surface area (Å²) in [4.78, 5) is 19.4. The number of hydrogen-bond donors (Lipinski definition) is 1. The maximum absolute atomic E-state index is 12.6. The summed E-state index contributed by atoms with van der Waals surface area (Å²) in [6.07, 6.45) is 2.32. The van der Waals surface area contributed by atoms with E-state index in [2.05, 4.69) is 15.2 Å². The van der Waals surface area contributed by atoms with E-state index in [-0.39, 0.29) is 35.9 Å². The molecule has 2 aliphatic heterocycles. The van der Waals surface area contributed by atoms with Gasteiger partial charge in [-0.25, -0.2) is 13.4 Å². The minimum Gasteiger partial charge on any atom is -0.494 e. The van der Waals surface area contributed by atoms with Gasteiger partial charge in [-0.05, 0) is 57.1 Å². The molecular weight excluding hydrogens is 422 g/mol. The predicted octanol–water partition coefficient (Wildman–Crippen LogP) is 2.13. The molecule has 4 rings (SSSR count). The number of likely N-dealkylation sites (tertiary alicyclic amines) is 1. The number of amides is 1. The van der Waals surface area contributed by atoms with Crippen molar-refractivity contribution in [2.45, 2.75) is 38.3 Å². The summed E-state index contributed by atoms with van der Waals surface area (Å²) in [5, 5.41) is 5.70. The zero-order valence-electron chi connectivity index (χ0n) is 17.0. The molecule has 3 heterocycles. The third kappa shape index (κ3) is 5.01. The van der Waals surface area contributed by atoms with E-state index in [4.69, 9.17) is 4.74 Å². The third-order valence-electron chi connectivity index (χ3n) is 5.58. The van der Waals surface area contributed by atoms with E-state index < -0.39 is 9.84 Å². The van der Waals surface area contributed by atoms with Crippen LogP contribution in [0.25, 0.3) is 10.6 Å². The number of carbonyl (C=O) groups is 1. The van der Waals surface area contributed by atoms with Crippen molar-refractivity contribution in [1.29, 1.82) is 0 Å². The Kier molecular flexibility index (Phi) is 6.40. The average molecular weight is 450 g/mol. The van der Waals surface area contributed by atoms with Crippen LogP contribution in [0.2, 0.25) is 0 Å². The van der Waals surface area contributed by atoms with Crippen LogP contribution in [-0.4, -0.2) is 67.5 Å². The smallest absolute Gasteiger partial charge is 0.226 e. The zero-order valence-corrected chi connectivity index (χ0v) is 18.7. The zero-order chi connectivity index (χ0) is 21.1. The van der Waals surface area contributed by atoms with Crippen molar-refractivity contribution >= 4 is 27.1 Å². The molecule has 2 aliphatic rings. The van der Waals surface area contributed by atoms with Gasteiger partial charge in [0.05, 0.1) is 36.3 Å². The van der Waals surface area contributed by atoms with Crippen molar-refractivity contribution in [3.8, 4) is 16.3 Å². The molecule has 0 saturated carbocycles. The highest BCUT2D eigenvalue weighted by atomic mass is 32.2. The van der Waals surface area contributed by atoms with Gasteiger partial charge in [-0.15, -0.1) is 11.3 Å². The first-order chi connectivity index (χ1) is 14.4. The van der Waals surface area contributed by atoms with Gasteiger partial charge in [0.15, 0.2) is 9.84 Å². The standard InChI is InChI=1S/C21H27N3O4S2/c1-2-28-17-7-5-15(6-8-17)21-22-16(12-29-21)11-20(25)23-18-13-30(26,27)14-19(18)24-9-3-4-10-24/h5-8,12,18-19H,2-4,9-11,13-14H2,1H3,(H,23,25). The summed E-state index contributed by atoms with van der Waals surface area (Å²) >= 11 is 1.49. The first-order valence-corrected chi connectivity index (χ1v) is 13.0. The lowest BCUT2D eigenvalue weighted by Crippen LogP contribution is -2.50. The minimum absolute atomic E-state index is 0.0222. The highest BCUT2D eigenvalue weighted by molar-refractivity contribution is 7.91. The maximum Gasteiger partial charge on any atom is 0.226 e. The normalized spacial score (nSPS) is 23.5. The Hall–Kier alpha value is -1.97. The van der Waals surface area contributed by atoms with Crippen LogP contribution in [0.3, 0.4) is 0 Å². The minimum atomic E-state index is -3.12. The summed E-state index contributed by atoms with van der Waals surface area (Å²) < 4.78 is 29.8. The van der Waals surface area contributed by atoms with Crippen molar-refractivity contribution in [2.24, 2.45) is 0 Å². The number of rotatable bonds is 7. The molecule has 1 aromatic heterocycles. The number of aromatic nitrogens is 1. The maximum atomic E-state index is 12.6. The summed E-state index contributed by atoms with van der Waals surface area (Å²) in [6, 6.07) is 7.27. The monoisotopic (exact) mass is 449 g/mol. The number of thiazole rings is 1. The van der Waals surface area contributed by atoms with Gasteiger partial charge in [0.2, 0.25) is 5.91 Å². The molecule has 1 aromatic carbocycles. The highest BCUT2D eigenvalue weighted by Crippen LogP contribution is 2.26. The lowest BCUT2D eigenvalue weighted by atomic mass is 10.1. The lowest BCUT2D eigenvalue weighted by molar-refractivity contribution is -0.121. The first kappa shape index (κ1) is 21.3. The van der Waals surface area contributed by atoms with Crippen LogP contribution in [0.5, 0.6) is 5.75 Å². The van der Waals surface area contributed by atoms with Crippen LogP contribution in [0.15, 0.2) is 29.6 Å². The van der Waals surface area contributed by atoms with Gasteiger partial charge in [0.25, 0.3) is 0 Å². The topological polar surface area (TPSA) is 88.6 Å². The molecule has 0 spiro atoms. The Balaban J connectivity index is 1.38. The van der Waals surface area contributed by atoms with Crippen LogP contribution in [0, 0.1) is 0 Å². The van der Waals surface area contributed by atoms with E-state index in [1.54, 1.807) is 0 Å². The van der Waals surface area contributed by atoms with E-state index in [0.717, 1.165) is 42.3 Å². The molecule has 0 aliphatic carbocycles. The summed E-state index contributed by atoms with van der Waals surface area (Å²) in [6.45, 7) is 4.38. The SMILES string of the molecule is CCOc1ccc(-c2nc(CC(=O)NC3CS(=O)(=O)CC3N3CCCC3)cs2)cc1. The van der Waals surface area contributed by atoms with Crippen molar-refractivity contribution < 1.29 is 17.9 Å². The molecule has 1 amide bonds. The molecule has 2 aromatic rings. The molecule has 7 nitrogen and oxygen atoms in total. The molecule has 9 heteroatoms. The van der Waals surface area contributed by atoms with E-state index in [1.165, 1.54) is 11.3 Å². The highest BCUT2D eigenvalue weighted by Gasteiger charge is 2.42. The number of ether oxygens (including phenoxy) is 1. The number of nitrogens with zero attached hydrogens (tertiary/aromatic N) is 2. The van der Waals surface area contributed by atoms with Gasteiger partial charge >= 0.3 is 0 Å². The summed E-state index contributed by atoms with van der Waals surface area (Å²) in [7, 11) is -3.12. The molecule has 2 atom stereocenters. The molecule has 0 bridgehead atoms. The molecule has 2 fully saturated rings. The molecule has 1 N–H and O–H groups in total. The summed E-state index contributed by atoms with van der Waals surface area (Å²) in [5.41, 5.74) is 1.67. The lowest BCUT2D eigenvalue weighted by Gasteiger charge is -2.28. The van der Waals surface area contributed by atoms with Crippen molar-refractivity contribution in [2.75, 3.05) is 31.2 Å². The molecule has 2 unspecified atom stereocenters. The molecule has 162 valence electrons. The van der Waals surface area contributed by atoms with E-state index in [1.807, 2.05) is 36.6 Å². The van der Waals surface area contributed by atoms with Gasteiger partial charge in [-0.1, -0.05) is 0 Å². The average Bonchev–Trinajstić information content (AvgIpc) is 3.43. The van der Waals surface area contributed by atoms with Crippen LogP contribution in [-0.2, 0) is 21.1 Å². The Morgan fingerprint density at radius 3 is 2.67 bits per heavy atom. The second-order valence-corrected chi connectivity index (χ2v) is 10.9. The largest absolute Gasteiger partial charge is 0.494 e. The number of benzene rings is 1. The first-order valence-electron chi connectivity index (χ1n) is 10.3. The van der Waals surface area contributed by atoms with Gasteiger partial charge in [0, 0.05) is 17.0 Å². The van der Waals surface area contributed by atoms with Crippen molar-refractivity contribution in [3.05, 3.63) is 35.3 Å². The number of hydrogen-bond acceptors (Lipinski definition) is 7. The van der Waals surface area contributed by atoms with Crippen LogP contribution in [0.4, 0.5) is 0 Å². The Morgan fingerprint density at radius 2 is 1.97 bits per heavy atom. The molecular formula is C21H27N3O4S2. The van der Waals surface area contributed by atoms with Crippen LogP contribution in [0.1, 0.15) is 25.5 Å². The van der Waals surface area contributed by atoms with Crippen molar-refractivity contribution in [3.63, 3.8) is 0 Å². The molecule has 2 saturated heterocycles. The third-order valence-corrected chi connectivity index (χ3v) is 8.24. The van der Waals surface area contributed by atoms with E-state index in [9.17, 15) is 13.2 Å². The fourth-order valence-corrected chi connectivity index (χ4v) is 6.98. The van der Waals surface area contributed by atoms with E-state index >= 15 is 0 Å². The Bertz CT molecular complexity index is 982. The van der Waals surface area contributed by atoms with Gasteiger partial charge in [-0.3, -0.25) is 9.69 Å². The van der Waals surface area contributed by atoms with Gasteiger partial charge in [0.1, 0.15) is 10.8 Å². The molecule has 0 radical (unpaired) electrons. The van der Waals surface area contributed by atoms with Gasteiger partial charge in [-0.2, -0.15) is 0 Å². The number of carbonyl (C=O) groups excluding carboxylic acids is 1.